The summed E-state index contributed by atoms with van der Waals surface area (Å²) in [5.41, 5.74) is 8.66. The molecule has 1 aliphatic rings. The summed E-state index contributed by atoms with van der Waals surface area (Å²) in [6.07, 6.45) is 0.974. The summed E-state index contributed by atoms with van der Waals surface area (Å²) < 4.78 is 0. The molecule has 2 aromatic carbocycles. The maximum Gasteiger partial charge on any atom is 0.321 e. The van der Waals surface area contributed by atoms with Gasteiger partial charge in [-0.1, -0.05) is 54.6 Å². The van der Waals surface area contributed by atoms with Gasteiger partial charge in [0.1, 0.15) is 12.1 Å². The fourth-order valence-corrected chi connectivity index (χ4v) is 2.58. The number of rotatable bonds is 4. The molecular weight excluding hydrogens is 320 g/mol. The zero-order valence-electron chi connectivity index (χ0n) is 13.8. The molecule has 6 nitrogen and oxygen atoms in total. The van der Waals surface area contributed by atoms with Crippen molar-refractivity contribution in [1.82, 2.24) is 5.32 Å². The van der Waals surface area contributed by atoms with E-state index < -0.39 is 24.0 Å². The van der Waals surface area contributed by atoms with Gasteiger partial charge in [0.05, 0.1) is 0 Å². The first-order valence-corrected chi connectivity index (χ1v) is 8.02. The van der Waals surface area contributed by atoms with Crippen LogP contribution in [0.3, 0.4) is 0 Å². The number of carbonyl (C=O) groups is 2. The molecule has 132 valence electrons. The maximum atomic E-state index is 10.7. The molecule has 0 spiro atoms. The topological polar surface area (TPSA) is 113 Å². The molecule has 3 rings (SSSR count). The normalized spacial score (nSPS) is 16.8. The van der Waals surface area contributed by atoms with Gasteiger partial charge in [0.2, 0.25) is 0 Å². The van der Waals surface area contributed by atoms with Crippen LogP contribution in [0.25, 0.3) is 0 Å². The Morgan fingerprint density at radius 2 is 1.64 bits per heavy atom. The van der Waals surface area contributed by atoms with Crippen molar-refractivity contribution in [3.05, 3.63) is 71.3 Å². The van der Waals surface area contributed by atoms with Crippen molar-refractivity contribution in [1.29, 1.82) is 0 Å². The number of nitrogens with one attached hydrogen (secondary N) is 1. The Labute approximate surface area is 146 Å². The van der Waals surface area contributed by atoms with Crippen LogP contribution in [0.4, 0.5) is 0 Å². The minimum absolute atomic E-state index is 0.385. The molecule has 0 amide bonds. The Morgan fingerprint density at radius 1 is 1.04 bits per heavy atom. The average molecular weight is 342 g/mol. The van der Waals surface area contributed by atoms with Gasteiger partial charge in [-0.05, 0) is 29.5 Å². The number of nitrogens with two attached hydrogens (primary N) is 1. The summed E-state index contributed by atoms with van der Waals surface area (Å²) in [6, 6.07) is 16.1. The summed E-state index contributed by atoms with van der Waals surface area (Å²) in [4.78, 5) is 21.1. The molecule has 1 aliphatic heterocycles. The first kappa shape index (κ1) is 18.6. The van der Waals surface area contributed by atoms with Gasteiger partial charge >= 0.3 is 11.9 Å². The molecule has 25 heavy (non-hydrogen) atoms. The van der Waals surface area contributed by atoms with Gasteiger partial charge in [0.15, 0.2) is 0 Å². The Kier molecular flexibility index (Phi) is 6.68. The van der Waals surface area contributed by atoms with E-state index in [1.807, 2.05) is 54.6 Å². The van der Waals surface area contributed by atoms with Crippen molar-refractivity contribution >= 4 is 11.9 Å². The van der Waals surface area contributed by atoms with Crippen LogP contribution < -0.4 is 11.1 Å². The number of benzene rings is 2. The fourth-order valence-electron chi connectivity index (χ4n) is 2.58. The van der Waals surface area contributed by atoms with E-state index >= 15 is 0 Å². The zero-order chi connectivity index (χ0) is 18.2. The van der Waals surface area contributed by atoms with Crippen molar-refractivity contribution in [2.75, 3.05) is 0 Å². The number of carboxylic acids is 2. The highest BCUT2D eigenvalue weighted by atomic mass is 16.4. The summed E-state index contributed by atoms with van der Waals surface area (Å²) in [7, 11) is 0. The third-order valence-electron chi connectivity index (χ3n) is 4.00. The standard InChI is InChI=1S/C10H11NO2.C9H11NO2/c12-10(13)9-5-7-3-1-2-4-8(7)6-11-9;10-8(9(11)12)6-7-4-2-1-3-5-7/h1-4,9,11H,5-6H2,(H,12,13);1-5,8H,6,10H2,(H,11,12)/t;8-/m.0/s1. The molecule has 1 unspecified atom stereocenters. The molecule has 0 saturated heterocycles. The molecule has 0 aromatic heterocycles. The molecule has 2 aromatic rings. The summed E-state index contributed by atoms with van der Waals surface area (Å²) in [5, 5.41) is 20.3. The van der Waals surface area contributed by atoms with E-state index in [4.69, 9.17) is 15.9 Å². The largest absolute Gasteiger partial charge is 0.480 e. The predicted molar refractivity (Wildman–Crippen MR) is 94.2 cm³/mol. The molecule has 2 atom stereocenters. The lowest BCUT2D eigenvalue weighted by Gasteiger charge is -2.22. The Balaban J connectivity index is 0.000000181. The van der Waals surface area contributed by atoms with Crippen LogP contribution in [0.2, 0.25) is 0 Å². The molecule has 0 saturated carbocycles. The molecular formula is C19H22N2O4. The highest BCUT2D eigenvalue weighted by Crippen LogP contribution is 2.15. The second-order valence-electron chi connectivity index (χ2n) is 5.88. The average Bonchev–Trinajstić information content (AvgIpc) is 2.62. The highest BCUT2D eigenvalue weighted by Gasteiger charge is 2.22. The van der Waals surface area contributed by atoms with Gasteiger partial charge in [0, 0.05) is 6.54 Å². The third-order valence-corrected chi connectivity index (χ3v) is 4.00. The van der Waals surface area contributed by atoms with Crippen LogP contribution in [0.1, 0.15) is 16.7 Å². The van der Waals surface area contributed by atoms with Crippen molar-refractivity contribution in [3.63, 3.8) is 0 Å². The van der Waals surface area contributed by atoms with E-state index in [0.717, 1.165) is 11.1 Å². The third kappa shape index (κ3) is 5.70. The van der Waals surface area contributed by atoms with Crippen LogP contribution in [-0.2, 0) is 29.0 Å². The number of hydrogen-bond acceptors (Lipinski definition) is 4. The monoisotopic (exact) mass is 342 g/mol. The molecule has 0 fully saturated rings. The lowest BCUT2D eigenvalue weighted by Crippen LogP contribution is -2.41. The lowest BCUT2D eigenvalue weighted by atomic mass is 9.96. The number of fused-ring (bicyclic) bond motifs is 1. The molecule has 0 aliphatic carbocycles. The minimum atomic E-state index is -0.959. The van der Waals surface area contributed by atoms with E-state index in [1.54, 1.807) is 0 Å². The van der Waals surface area contributed by atoms with Crippen LogP contribution in [0.5, 0.6) is 0 Å². The van der Waals surface area contributed by atoms with E-state index in [9.17, 15) is 9.59 Å². The minimum Gasteiger partial charge on any atom is -0.480 e. The van der Waals surface area contributed by atoms with Crippen LogP contribution in [0.15, 0.2) is 54.6 Å². The number of hydrogen-bond donors (Lipinski definition) is 4. The van der Waals surface area contributed by atoms with E-state index in [2.05, 4.69) is 5.32 Å². The quantitative estimate of drug-likeness (QED) is 0.668. The Hall–Kier alpha value is -2.70. The van der Waals surface area contributed by atoms with Crippen molar-refractivity contribution < 1.29 is 19.8 Å². The van der Waals surface area contributed by atoms with Gasteiger partial charge in [-0.3, -0.25) is 9.59 Å². The second-order valence-corrected chi connectivity index (χ2v) is 5.88. The predicted octanol–water partition coefficient (Wildman–Crippen LogP) is 1.43. The van der Waals surface area contributed by atoms with Crippen LogP contribution in [0, 0.1) is 0 Å². The highest BCUT2D eigenvalue weighted by molar-refractivity contribution is 5.74. The summed E-state index contributed by atoms with van der Waals surface area (Å²) >= 11 is 0. The molecule has 0 bridgehead atoms. The van der Waals surface area contributed by atoms with E-state index in [-0.39, 0.29) is 0 Å². The smallest absolute Gasteiger partial charge is 0.321 e. The lowest BCUT2D eigenvalue weighted by molar-refractivity contribution is -0.140. The maximum absolute atomic E-state index is 10.7. The second kappa shape index (κ2) is 8.96. The Morgan fingerprint density at radius 3 is 2.24 bits per heavy atom. The summed E-state index contributed by atoms with van der Waals surface area (Å²) in [5.74, 6) is -1.73. The summed E-state index contributed by atoms with van der Waals surface area (Å²) in [6.45, 7) is 0.660. The van der Waals surface area contributed by atoms with E-state index in [0.29, 0.717) is 19.4 Å². The number of carboxylic acid groups (broad SMARTS) is 2. The number of aliphatic carboxylic acids is 2. The van der Waals surface area contributed by atoms with Crippen LogP contribution >= 0.6 is 0 Å². The zero-order valence-corrected chi connectivity index (χ0v) is 13.8. The molecule has 1 heterocycles. The van der Waals surface area contributed by atoms with Gasteiger partial charge in [0.25, 0.3) is 0 Å². The van der Waals surface area contributed by atoms with Crippen molar-refractivity contribution in [2.45, 2.75) is 31.5 Å². The molecule has 0 radical (unpaired) electrons. The fraction of sp³-hybridized carbons (Fsp3) is 0.263. The Bertz CT molecular complexity index is 718. The first-order chi connectivity index (χ1) is 12.0. The van der Waals surface area contributed by atoms with Gasteiger partial charge in [-0.15, -0.1) is 0 Å². The van der Waals surface area contributed by atoms with Crippen LogP contribution in [-0.4, -0.2) is 34.2 Å². The van der Waals surface area contributed by atoms with Crippen molar-refractivity contribution in [3.8, 4) is 0 Å². The molecule has 5 N–H and O–H groups in total. The van der Waals surface area contributed by atoms with Gasteiger partial charge in [-0.2, -0.15) is 0 Å². The SMILES string of the molecule is N[C@@H](Cc1ccccc1)C(=O)O.O=C(O)C1Cc2ccccc2CN1. The van der Waals surface area contributed by atoms with Gasteiger partial charge < -0.3 is 21.3 Å². The first-order valence-electron chi connectivity index (χ1n) is 8.02. The molecule has 6 heteroatoms. The van der Waals surface area contributed by atoms with E-state index in [1.165, 1.54) is 5.56 Å². The van der Waals surface area contributed by atoms with Crippen molar-refractivity contribution in [2.24, 2.45) is 5.73 Å². The van der Waals surface area contributed by atoms with Gasteiger partial charge in [-0.25, -0.2) is 0 Å².